The van der Waals surface area contributed by atoms with Crippen LogP contribution in [-0.2, 0) is 4.74 Å². The number of rotatable bonds is 2. The van der Waals surface area contributed by atoms with Gasteiger partial charge in [0.15, 0.2) is 0 Å². The number of halogens is 2. The molecule has 2 fully saturated rings. The highest BCUT2D eigenvalue weighted by atomic mass is 32.2. The van der Waals surface area contributed by atoms with Crippen molar-refractivity contribution in [3.8, 4) is 0 Å². The Morgan fingerprint density at radius 2 is 2.11 bits per heavy atom. The van der Waals surface area contributed by atoms with E-state index in [-0.39, 0.29) is 17.3 Å². The summed E-state index contributed by atoms with van der Waals surface area (Å²) >= 11 is 1.89. The Labute approximate surface area is 115 Å². The largest absolute Gasteiger partial charge is 0.377 e. The van der Waals surface area contributed by atoms with Gasteiger partial charge in [-0.1, -0.05) is 6.07 Å². The molecule has 2 atom stereocenters. The van der Waals surface area contributed by atoms with Crippen LogP contribution in [-0.4, -0.2) is 29.8 Å². The predicted molar refractivity (Wildman–Crippen MR) is 73.6 cm³/mol. The third-order valence-corrected chi connectivity index (χ3v) is 5.09. The van der Waals surface area contributed by atoms with Gasteiger partial charge in [-0.2, -0.15) is 11.8 Å². The molecular weight excluding hydrogens is 268 g/mol. The summed E-state index contributed by atoms with van der Waals surface area (Å²) in [5, 5.41) is 3.03. The molecule has 1 spiro atoms. The van der Waals surface area contributed by atoms with Gasteiger partial charge in [0.25, 0.3) is 0 Å². The maximum atomic E-state index is 13.6. The first-order valence-corrected chi connectivity index (χ1v) is 7.76. The van der Waals surface area contributed by atoms with E-state index < -0.39 is 11.6 Å². The zero-order valence-electron chi connectivity index (χ0n) is 10.6. The highest BCUT2D eigenvalue weighted by Crippen LogP contribution is 2.39. The van der Waals surface area contributed by atoms with E-state index in [1.54, 1.807) is 0 Å². The lowest BCUT2D eigenvalue weighted by Crippen LogP contribution is -2.44. The number of benzene rings is 1. The number of hydrogen-bond donors (Lipinski definition) is 1. The van der Waals surface area contributed by atoms with Crippen LogP contribution in [0.2, 0.25) is 0 Å². The van der Waals surface area contributed by atoms with Crippen LogP contribution in [0.1, 0.15) is 19.3 Å². The summed E-state index contributed by atoms with van der Waals surface area (Å²) in [6.45, 7) is 0.661. The first-order valence-electron chi connectivity index (χ1n) is 6.61. The fourth-order valence-electron chi connectivity index (χ4n) is 2.85. The molecule has 5 heteroatoms. The summed E-state index contributed by atoms with van der Waals surface area (Å²) in [6.07, 6.45) is 2.66. The van der Waals surface area contributed by atoms with E-state index in [1.165, 1.54) is 18.2 Å². The van der Waals surface area contributed by atoms with Gasteiger partial charge in [0.1, 0.15) is 17.3 Å². The van der Waals surface area contributed by atoms with Gasteiger partial charge in [0.2, 0.25) is 0 Å². The molecule has 0 radical (unpaired) electrons. The van der Waals surface area contributed by atoms with Crippen LogP contribution in [0, 0.1) is 11.6 Å². The van der Waals surface area contributed by atoms with Crippen molar-refractivity contribution in [2.24, 2.45) is 0 Å². The average molecular weight is 285 g/mol. The van der Waals surface area contributed by atoms with Crippen molar-refractivity contribution in [2.75, 3.05) is 23.4 Å². The number of hydrogen-bond acceptors (Lipinski definition) is 3. The van der Waals surface area contributed by atoms with Gasteiger partial charge in [0.05, 0.1) is 5.60 Å². The lowest BCUT2D eigenvalue weighted by atomic mass is 9.89. The highest BCUT2D eigenvalue weighted by molar-refractivity contribution is 7.99. The highest BCUT2D eigenvalue weighted by Gasteiger charge is 2.40. The Balaban J connectivity index is 1.73. The van der Waals surface area contributed by atoms with E-state index in [0.717, 1.165) is 30.8 Å². The summed E-state index contributed by atoms with van der Waals surface area (Å²) in [5.41, 5.74) is -0.0855. The second kappa shape index (κ2) is 5.29. The van der Waals surface area contributed by atoms with Crippen LogP contribution >= 0.6 is 11.8 Å². The average Bonchev–Trinajstić information content (AvgIpc) is 2.82. The molecule has 2 saturated heterocycles. The Hall–Kier alpha value is -0.810. The molecular formula is C14H17F2NOS. The maximum Gasteiger partial charge on any atom is 0.149 e. The molecule has 1 aromatic carbocycles. The standard InChI is InChI=1S/C14H17F2NOS/c15-11-2-1-3-12(16)13(11)17-10-4-6-18-14(8-10)5-7-19-9-14/h1-3,10,17H,4-9H2. The minimum Gasteiger partial charge on any atom is -0.377 e. The summed E-state index contributed by atoms with van der Waals surface area (Å²) < 4.78 is 33.2. The molecule has 1 aromatic rings. The molecule has 0 amide bonds. The van der Waals surface area contributed by atoms with Gasteiger partial charge in [0, 0.05) is 18.4 Å². The normalized spacial score (nSPS) is 30.7. The maximum absolute atomic E-state index is 13.6. The molecule has 2 aliphatic heterocycles. The fraction of sp³-hybridized carbons (Fsp3) is 0.571. The second-order valence-corrected chi connectivity index (χ2v) is 6.37. The van der Waals surface area contributed by atoms with E-state index in [4.69, 9.17) is 4.74 Å². The summed E-state index contributed by atoms with van der Waals surface area (Å²) in [4.78, 5) is 0. The van der Waals surface area contributed by atoms with Crippen LogP contribution in [0.4, 0.5) is 14.5 Å². The Morgan fingerprint density at radius 3 is 2.79 bits per heavy atom. The number of nitrogens with one attached hydrogen (secondary N) is 1. The van der Waals surface area contributed by atoms with Crippen molar-refractivity contribution >= 4 is 17.4 Å². The van der Waals surface area contributed by atoms with Gasteiger partial charge in [-0.05, 0) is 37.1 Å². The monoisotopic (exact) mass is 285 g/mol. The summed E-state index contributed by atoms with van der Waals surface area (Å²) in [7, 11) is 0. The Morgan fingerprint density at radius 1 is 1.32 bits per heavy atom. The van der Waals surface area contributed by atoms with Gasteiger partial charge < -0.3 is 10.1 Å². The minimum absolute atomic E-state index is 0.00444. The van der Waals surface area contributed by atoms with Gasteiger partial charge in [-0.25, -0.2) is 8.78 Å². The van der Waals surface area contributed by atoms with E-state index in [1.807, 2.05) is 11.8 Å². The van der Waals surface area contributed by atoms with Crippen LogP contribution in [0.5, 0.6) is 0 Å². The van der Waals surface area contributed by atoms with Crippen molar-refractivity contribution in [1.29, 1.82) is 0 Å². The van der Waals surface area contributed by atoms with E-state index in [2.05, 4.69) is 5.32 Å². The predicted octanol–water partition coefficient (Wildman–Crippen LogP) is 3.43. The summed E-state index contributed by atoms with van der Waals surface area (Å²) in [5.74, 6) is 1.05. The smallest absolute Gasteiger partial charge is 0.149 e. The SMILES string of the molecule is Fc1cccc(F)c1NC1CCOC2(CCSC2)C1. The first kappa shape index (κ1) is 13.2. The van der Waals surface area contributed by atoms with E-state index in [0.29, 0.717) is 6.61 Å². The molecule has 19 heavy (non-hydrogen) atoms. The number of thioether (sulfide) groups is 1. The zero-order valence-corrected chi connectivity index (χ0v) is 11.4. The van der Waals surface area contributed by atoms with E-state index in [9.17, 15) is 8.78 Å². The quantitative estimate of drug-likeness (QED) is 0.899. The molecule has 0 aliphatic carbocycles. The van der Waals surface area contributed by atoms with Gasteiger partial charge in [-0.15, -0.1) is 0 Å². The lowest BCUT2D eigenvalue weighted by Gasteiger charge is -2.38. The zero-order chi connectivity index (χ0) is 13.3. The summed E-state index contributed by atoms with van der Waals surface area (Å²) in [6, 6.07) is 4.03. The van der Waals surface area contributed by atoms with Crippen molar-refractivity contribution < 1.29 is 13.5 Å². The molecule has 0 aromatic heterocycles. The van der Waals surface area contributed by atoms with Gasteiger partial charge >= 0.3 is 0 Å². The van der Waals surface area contributed by atoms with Crippen molar-refractivity contribution in [3.05, 3.63) is 29.8 Å². The van der Waals surface area contributed by atoms with Crippen molar-refractivity contribution in [3.63, 3.8) is 0 Å². The lowest BCUT2D eigenvalue weighted by molar-refractivity contribution is -0.0628. The molecule has 2 nitrogen and oxygen atoms in total. The van der Waals surface area contributed by atoms with Crippen molar-refractivity contribution in [1.82, 2.24) is 0 Å². The number of anilines is 1. The second-order valence-electron chi connectivity index (χ2n) is 5.26. The molecule has 1 N–H and O–H groups in total. The molecule has 104 valence electrons. The molecule has 2 heterocycles. The van der Waals surface area contributed by atoms with Crippen LogP contribution in [0.3, 0.4) is 0 Å². The van der Waals surface area contributed by atoms with Crippen LogP contribution in [0.15, 0.2) is 18.2 Å². The van der Waals surface area contributed by atoms with Gasteiger partial charge in [-0.3, -0.25) is 0 Å². The third kappa shape index (κ3) is 2.72. The van der Waals surface area contributed by atoms with E-state index >= 15 is 0 Å². The third-order valence-electron chi connectivity index (χ3n) is 3.87. The number of para-hydroxylation sites is 1. The van der Waals surface area contributed by atoms with Crippen molar-refractivity contribution in [2.45, 2.75) is 30.9 Å². The minimum atomic E-state index is -0.527. The molecule has 0 bridgehead atoms. The van der Waals surface area contributed by atoms with Crippen LogP contribution < -0.4 is 5.32 Å². The Kier molecular flexibility index (Phi) is 3.67. The topological polar surface area (TPSA) is 21.3 Å². The molecule has 3 rings (SSSR count). The van der Waals surface area contributed by atoms with Crippen LogP contribution in [0.25, 0.3) is 0 Å². The Bertz CT molecular complexity index is 443. The number of ether oxygens (including phenoxy) is 1. The first-order chi connectivity index (χ1) is 9.19. The molecule has 0 saturated carbocycles. The molecule has 2 unspecified atom stereocenters. The molecule has 2 aliphatic rings. The fourth-order valence-corrected chi connectivity index (χ4v) is 4.23.